The number of piperidine rings is 2. The van der Waals surface area contributed by atoms with Crippen molar-refractivity contribution in [3.05, 3.63) is 70.3 Å². The summed E-state index contributed by atoms with van der Waals surface area (Å²) in [5.74, 6) is -1.76. The van der Waals surface area contributed by atoms with Crippen LogP contribution in [0.2, 0.25) is 0 Å². The molecule has 2 aromatic rings. The molecule has 3 aliphatic rings. The molecule has 0 aromatic heterocycles. The predicted molar refractivity (Wildman–Crippen MR) is 116 cm³/mol. The van der Waals surface area contributed by atoms with Crippen molar-refractivity contribution in [1.29, 1.82) is 0 Å². The number of nitrogens with one attached hydrogen (secondary N) is 1. The first kappa shape index (κ1) is 21.7. The molecule has 2 aromatic carbocycles. The van der Waals surface area contributed by atoms with Crippen molar-refractivity contribution in [1.82, 2.24) is 15.1 Å². The van der Waals surface area contributed by atoms with Gasteiger partial charge in [0.25, 0.3) is 5.91 Å². The van der Waals surface area contributed by atoms with Crippen LogP contribution in [0.3, 0.4) is 0 Å². The summed E-state index contributed by atoms with van der Waals surface area (Å²) in [6.07, 6.45) is 2.07. The number of imide groups is 1. The van der Waals surface area contributed by atoms with Gasteiger partial charge in [-0.15, -0.1) is 0 Å². The Morgan fingerprint density at radius 3 is 2.48 bits per heavy atom. The van der Waals surface area contributed by atoms with Crippen LogP contribution in [-0.2, 0) is 22.7 Å². The summed E-state index contributed by atoms with van der Waals surface area (Å²) < 4.78 is 28.0. The van der Waals surface area contributed by atoms with Gasteiger partial charge in [-0.05, 0) is 79.2 Å². The quantitative estimate of drug-likeness (QED) is 0.723. The van der Waals surface area contributed by atoms with Gasteiger partial charge in [-0.25, -0.2) is 8.78 Å². The minimum absolute atomic E-state index is 0.104. The zero-order chi connectivity index (χ0) is 23.1. The Morgan fingerprint density at radius 1 is 0.970 bits per heavy atom. The predicted octanol–water partition coefficient (Wildman–Crippen LogP) is 3.11. The highest BCUT2D eigenvalue weighted by Gasteiger charge is 2.41. The molecule has 0 radical (unpaired) electrons. The van der Waals surface area contributed by atoms with Gasteiger partial charge in [0.2, 0.25) is 11.8 Å². The van der Waals surface area contributed by atoms with Crippen LogP contribution < -0.4 is 5.32 Å². The zero-order valence-electron chi connectivity index (χ0n) is 18.2. The van der Waals surface area contributed by atoms with Crippen LogP contribution in [-0.4, -0.2) is 46.7 Å². The van der Waals surface area contributed by atoms with E-state index >= 15 is 0 Å². The fourth-order valence-corrected chi connectivity index (χ4v) is 5.31. The number of amides is 3. The van der Waals surface area contributed by atoms with Gasteiger partial charge in [-0.1, -0.05) is 12.1 Å². The second-order valence-corrected chi connectivity index (χ2v) is 9.10. The molecule has 1 unspecified atom stereocenters. The molecule has 3 heterocycles. The van der Waals surface area contributed by atoms with E-state index in [0.717, 1.165) is 42.6 Å². The third kappa shape index (κ3) is 4.27. The fourth-order valence-electron chi connectivity index (χ4n) is 5.31. The van der Waals surface area contributed by atoms with E-state index in [1.54, 1.807) is 12.1 Å². The molecule has 0 aliphatic carbocycles. The number of fused-ring (bicyclic) bond motifs is 1. The molecule has 8 heteroatoms. The molecular weight excluding hydrogens is 428 g/mol. The van der Waals surface area contributed by atoms with Crippen molar-refractivity contribution in [3.8, 4) is 0 Å². The first-order chi connectivity index (χ1) is 15.9. The fraction of sp³-hybridized carbons (Fsp3) is 0.400. The molecule has 2 fully saturated rings. The second kappa shape index (κ2) is 8.67. The van der Waals surface area contributed by atoms with Gasteiger partial charge in [0.1, 0.15) is 17.7 Å². The number of carbonyl (C=O) groups is 3. The van der Waals surface area contributed by atoms with E-state index in [-0.39, 0.29) is 42.9 Å². The first-order valence-electron chi connectivity index (χ1n) is 11.3. The maximum atomic E-state index is 14.5. The average molecular weight is 453 g/mol. The standard InChI is InChI=1S/C25H25F2N3O3/c26-17-3-1-2-15(10-17)13-29-8-6-16(7-9-29)19-11-18(27)12-20-21(19)14-30(25(20)33)22-4-5-23(31)28-24(22)32/h1-3,10-12,16,22H,4-9,13-14H2,(H,28,31,32). The summed E-state index contributed by atoms with van der Waals surface area (Å²) in [7, 11) is 0. The van der Waals surface area contributed by atoms with E-state index in [9.17, 15) is 23.2 Å². The summed E-state index contributed by atoms with van der Waals surface area (Å²) in [6, 6.07) is 8.65. The van der Waals surface area contributed by atoms with Crippen molar-refractivity contribution < 1.29 is 23.2 Å². The second-order valence-electron chi connectivity index (χ2n) is 9.10. The van der Waals surface area contributed by atoms with Crippen LogP contribution in [0.15, 0.2) is 36.4 Å². The van der Waals surface area contributed by atoms with E-state index in [4.69, 9.17) is 0 Å². The molecule has 5 rings (SSSR count). The Morgan fingerprint density at radius 2 is 1.76 bits per heavy atom. The molecular formula is C25H25F2N3O3. The molecule has 3 amide bonds. The lowest BCUT2D eigenvalue weighted by Crippen LogP contribution is -2.52. The first-order valence-corrected chi connectivity index (χ1v) is 11.3. The molecule has 1 N–H and O–H groups in total. The molecule has 0 spiro atoms. The molecule has 3 aliphatic heterocycles. The van der Waals surface area contributed by atoms with E-state index < -0.39 is 17.8 Å². The highest BCUT2D eigenvalue weighted by molar-refractivity contribution is 6.05. The Kier molecular flexibility index (Phi) is 5.70. The summed E-state index contributed by atoms with van der Waals surface area (Å²) in [4.78, 5) is 40.6. The third-order valence-corrected chi connectivity index (χ3v) is 6.98. The monoisotopic (exact) mass is 453 g/mol. The maximum absolute atomic E-state index is 14.5. The van der Waals surface area contributed by atoms with E-state index in [0.29, 0.717) is 12.1 Å². The molecule has 1 atom stereocenters. The lowest BCUT2D eigenvalue weighted by atomic mass is 9.85. The topological polar surface area (TPSA) is 69.7 Å². The van der Waals surface area contributed by atoms with Crippen molar-refractivity contribution >= 4 is 17.7 Å². The van der Waals surface area contributed by atoms with E-state index in [1.165, 1.54) is 23.1 Å². The largest absolute Gasteiger partial charge is 0.322 e. The number of nitrogens with zero attached hydrogens (tertiary/aromatic N) is 2. The zero-order valence-corrected chi connectivity index (χ0v) is 18.2. The van der Waals surface area contributed by atoms with E-state index in [2.05, 4.69) is 10.2 Å². The smallest absolute Gasteiger partial charge is 0.255 e. The van der Waals surface area contributed by atoms with Gasteiger partial charge in [-0.3, -0.25) is 24.6 Å². The normalized spacial score (nSPS) is 21.9. The van der Waals surface area contributed by atoms with Gasteiger partial charge < -0.3 is 4.90 Å². The van der Waals surface area contributed by atoms with E-state index in [1.807, 2.05) is 6.07 Å². The van der Waals surface area contributed by atoms with Crippen LogP contribution in [0.1, 0.15) is 58.6 Å². The van der Waals surface area contributed by atoms with Gasteiger partial charge in [0.05, 0.1) is 0 Å². The Bertz CT molecular complexity index is 1130. The van der Waals surface area contributed by atoms with Crippen molar-refractivity contribution in [2.45, 2.75) is 50.7 Å². The Hall–Kier alpha value is -3.13. The maximum Gasteiger partial charge on any atom is 0.255 e. The molecule has 0 saturated carbocycles. The van der Waals surface area contributed by atoms with Crippen molar-refractivity contribution in [3.63, 3.8) is 0 Å². The summed E-state index contributed by atoms with van der Waals surface area (Å²) in [5.41, 5.74) is 2.86. The number of halogens is 2. The van der Waals surface area contributed by atoms with Gasteiger partial charge in [-0.2, -0.15) is 0 Å². The highest BCUT2D eigenvalue weighted by Crippen LogP contribution is 2.38. The summed E-state index contributed by atoms with van der Waals surface area (Å²) in [5, 5.41) is 2.30. The average Bonchev–Trinajstić information content (AvgIpc) is 3.10. The minimum atomic E-state index is -0.716. The van der Waals surface area contributed by atoms with Gasteiger partial charge in [0.15, 0.2) is 0 Å². The molecule has 2 saturated heterocycles. The van der Waals surface area contributed by atoms with Crippen LogP contribution in [0.5, 0.6) is 0 Å². The Labute approximate surface area is 190 Å². The van der Waals surface area contributed by atoms with Crippen LogP contribution in [0.25, 0.3) is 0 Å². The van der Waals surface area contributed by atoms with Gasteiger partial charge >= 0.3 is 0 Å². The highest BCUT2D eigenvalue weighted by atomic mass is 19.1. The number of benzene rings is 2. The number of rotatable bonds is 4. The summed E-state index contributed by atoms with van der Waals surface area (Å²) >= 11 is 0. The molecule has 172 valence electrons. The minimum Gasteiger partial charge on any atom is -0.322 e. The van der Waals surface area contributed by atoms with Crippen molar-refractivity contribution in [2.75, 3.05) is 13.1 Å². The summed E-state index contributed by atoms with van der Waals surface area (Å²) in [6.45, 7) is 2.49. The van der Waals surface area contributed by atoms with Crippen LogP contribution in [0, 0.1) is 11.6 Å². The lowest BCUT2D eigenvalue weighted by molar-refractivity contribution is -0.136. The van der Waals surface area contributed by atoms with Crippen LogP contribution >= 0.6 is 0 Å². The lowest BCUT2D eigenvalue weighted by Gasteiger charge is -2.33. The van der Waals surface area contributed by atoms with Crippen LogP contribution in [0.4, 0.5) is 8.78 Å². The molecule has 6 nitrogen and oxygen atoms in total. The molecule has 33 heavy (non-hydrogen) atoms. The Balaban J connectivity index is 1.31. The third-order valence-electron chi connectivity index (χ3n) is 6.98. The van der Waals surface area contributed by atoms with Gasteiger partial charge in [0, 0.05) is 25.1 Å². The number of likely N-dealkylation sites (tertiary alicyclic amines) is 1. The number of hydrogen-bond acceptors (Lipinski definition) is 4. The number of hydrogen-bond donors (Lipinski definition) is 1. The molecule has 0 bridgehead atoms. The SMILES string of the molecule is O=C1CCC(N2Cc3c(cc(F)cc3C3CCN(Cc4cccc(F)c4)CC3)C2=O)C(=O)N1. The van der Waals surface area contributed by atoms with Crippen molar-refractivity contribution in [2.24, 2.45) is 0 Å². The number of carbonyl (C=O) groups excluding carboxylic acids is 3.